The number of nitrogens with zero attached hydrogens (tertiary/aromatic N) is 1. The Bertz CT molecular complexity index is 629. The van der Waals surface area contributed by atoms with Crippen molar-refractivity contribution in [2.45, 2.75) is 11.8 Å². The van der Waals surface area contributed by atoms with Crippen LogP contribution in [0.2, 0.25) is 0 Å². The Morgan fingerprint density at radius 1 is 1.48 bits per heavy atom. The molecule has 1 aromatic rings. The second-order valence-electron chi connectivity index (χ2n) is 4.53. The number of anilines is 1. The van der Waals surface area contributed by atoms with E-state index in [4.69, 9.17) is 4.74 Å². The maximum absolute atomic E-state index is 12.1. The highest BCUT2D eigenvalue weighted by Crippen LogP contribution is 2.32. The molecule has 1 aliphatic heterocycles. The Balaban J connectivity index is 2.15. The number of hydrogen-bond acceptors (Lipinski definition) is 6. The molecule has 0 aromatic heterocycles. The Morgan fingerprint density at radius 3 is 2.95 bits per heavy atom. The van der Waals surface area contributed by atoms with E-state index in [-0.39, 0.29) is 11.5 Å². The van der Waals surface area contributed by atoms with E-state index in [1.165, 1.54) is 12.1 Å². The first-order valence-electron chi connectivity index (χ1n) is 6.57. The number of hydrogen-bond donors (Lipinski definition) is 1. The number of sulfonamides is 1. The average Bonchev–Trinajstić information content (AvgIpc) is 2.45. The van der Waals surface area contributed by atoms with Crippen LogP contribution in [-0.4, -0.2) is 47.7 Å². The Morgan fingerprint density at radius 2 is 2.24 bits per heavy atom. The van der Waals surface area contributed by atoms with Crippen molar-refractivity contribution in [1.82, 2.24) is 4.72 Å². The summed E-state index contributed by atoms with van der Waals surface area (Å²) >= 11 is 0. The third-order valence-electron chi connectivity index (χ3n) is 3.05. The first-order valence-corrected chi connectivity index (χ1v) is 8.05. The smallest absolute Gasteiger partial charge is 0.321 e. The van der Waals surface area contributed by atoms with E-state index in [9.17, 15) is 13.2 Å². The normalized spacial score (nSPS) is 14.3. The molecule has 21 heavy (non-hydrogen) atoms. The first kappa shape index (κ1) is 15.6. The van der Waals surface area contributed by atoms with Gasteiger partial charge in [0.1, 0.15) is 18.9 Å². The molecule has 1 aromatic carbocycles. The summed E-state index contributed by atoms with van der Waals surface area (Å²) in [7, 11) is -1.86. The van der Waals surface area contributed by atoms with E-state index in [1.807, 2.05) is 11.9 Å². The second-order valence-corrected chi connectivity index (χ2v) is 6.30. The predicted octanol–water partition coefficient (Wildman–Crippen LogP) is 0.357. The van der Waals surface area contributed by atoms with Gasteiger partial charge in [-0.25, -0.2) is 8.42 Å². The lowest BCUT2D eigenvalue weighted by atomic mass is 10.2. The summed E-state index contributed by atoms with van der Waals surface area (Å²) in [6.45, 7) is 2.72. The van der Waals surface area contributed by atoms with Crippen molar-refractivity contribution in [2.75, 3.05) is 38.3 Å². The van der Waals surface area contributed by atoms with Crippen molar-refractivity contribution < 1.29 is 22.7 Å². The number of fused-ring (bicyclic) bond motifs is 1. The third kappa shape index (κ3) is 3.64. The van der Waals surface area contributed by atoms with E-state index < -0.39 is 22.5 Å². The van der Waals surface area contributed by atoms with Crippen molar-refractivity contribution >= 4 is 21.7 Å². The van der Waals surface area contributed by atoms with Gasteiger partial charge in [0.05, 0.1) is 23.7 Å². The van der Waals surface area contributed by atoms with Gasteiger partial charge in [0.2, 0.25) is 10.0 Å². The minimum atomic E-state index is -3.77. The average molecular weight is 314 g/mol. The quantitative estimate of drug-likeness (QED) is 0.790. The minimum absolute atomic E-state index is 0.0563. The monoisotopic (exact) mass is 314 g/mol. The number of benzene rings is 1. The lowest BCUT2D eigenvalue weighted by molar-refractivity contribution is -0.141. The van der Waals surface area contributed by atoms with Crippen LogP contribution in [0.3, 0.4) is 0 Å². The molecule has 0 spiro atoms. The van der Waals surface area contributed by atoms with Crippen molar-refractivity contribution in [3.05, 3.63) is 18.2 Å². The van der Waals surface area contributed by atoms with Crippen molar-refractivity contribution in [3.8, 4) is 5.75 Å². The lowest BCUT2D eigenvalue weighted by Crippen LogP contribution is -2.31. The third-order valence-corrected chi connectivity index (χ3v) is 4.45. The molecular formula is C13H18N2O5S. The van der Waals surface area contributed by atoms with Gasteiger partial charge in [-0.05, 0) is 19.1 Å². The van der Waals surface area contributed by atoms with Gasteiger partial charge in [-0.3, -0.25) is 4.79 Å². The molecule has 1 N–H and O–H groups in total. The largest absolute Gasteiger partial charge is 0.490 e. The fourth-order valence-corrected chi connectivity index (χ4v) is 2.94. The van der Waals surface area contributed by atoms with Gasteiger partial charge >= 0.3 is 5.97 Å². The van der Waals surface area contributed by atoms with Crippen LogP contribution in [0.15, 0.2) is 23.1 Å². The maximum atomic E-state index is 12.1. The molecule has 116 valence electrons. The van der Waals surface area contributed by atoms with Gasteiger partial charge < -0.3 is 14.4 Å². The molecule has 0 saturated heterocycles. The molecule has 0 unspecified atom stereocenters. The van der Waals surface area contributed by atoms with E-state index in [1.54, 1.807) is 13.0 Å². The van der Waals surface area contributed by atoms with E-state index in [0.29, 0.717) is 12.4 Å². The second kappa shape index (κ2) is 6.31. The van der Waals surface area contributed by atoms with Crippen LogP contribution in [0.25, 0.3) is 0 Å². The van der Waals surface area contributed by atoms with Crippen molar-refractivity contribution in [2.24, 2.45) is 0 Å². The fourth-order valence-electron chi connectivity index (χ4n) is 1.95. The Kier molecular flexibility index (Phi) is 4.69. The summed E-state index contributed by atoms with van der Waals surface area (Å²) in [5.41, 5.74) is 0.839. The van der Waals surface area contributed by atoms with Gasteiger partial charge in [-0.1, -0.05) is 0 Å². The summed E-state index contributed by atoms with van der Waals surface area (Å²) in [5.74, 6) is -0.0993. The Hall–Kier alpha value is -1.80. The van der Waals surface area contributed by atoms with Crippen LogP contribution in [0.1, 0.15) is 6.92 Å². The number of esters is 1. The number of nitrogens with one attached hydrogen (secondary N) is 1. The zero-order chi connectivity index (χ0) is 15.5. The van der Waals surface area contributed by atoms with Crippen LogP contribution < -0.4 is 14.4 Å². The van der Waals surface area contributed by atoms with E-state index >= 15 is 0 Å². The molecule has 1 heterocycles. The summed E-state index contributed by atoms with van der Waals surface area (Å²) in [4.78, 5) is 13.3. The topological polar surface area (TPSA) is 84.9 Å². The lowest BCUT2D eigenvalue weighted by Gasteiger charge is -2.27. The molecule has 2 rings (SSSR count). The molecule has 7 nitrogen and oxygen atoms in total. The van der Waals surface area contributed by atoms with E-state index in [0.717, 1.165) is 12.2 Å². The molecular weight excluding hydrogens is 296 g/mol. The Labute approximate surface area is 123 Å². The molecule has 0 saturated carbocycles. The van der Waals surface area contributed by atoms with E-state index in [2.05, 4.69) is 9.46 Å². The molecule has 0 bridgehead atoms. The summed E-state index contributed by atoms with van der Waals surface area (Å²) in [5, 5.41) is 0. The van der Waals surface area contributed by atoms with Crippen molar-refractivity contribution in [1.29, 1.82) is 0 Å². The van der Waals surface area contributed by atoms with Gasteiger partial charge in [0.25, 0.3) is 0 Å². The summed E-state index contributed by atoms with van der Waals surface area (Å²) in [6, 6.07) is 4.63. The molecule has 0 amide bonds. The fraction of sp³-hybridized carbons (Fsp3) is 0.462. The van der Waals surface area contributed by atoms with Crippen LogP contribution >= 0.6 is 0 Å². The van der Waals surface area contributed by atoms with Crippen LogP contribution in [-0.2, 0) is 19.6 Å². The van der Waals surface area contributed by atoms with Crippen molar-refractivity contribution in [3.63, 3.8) is 0 Å². The van der Waals surface area contributed by atoms with Crippen LogP contribution in [0, 0.1) is 0 Å². The first-order chi connectivity index (χ1) is 9.94. The molecule has 0 aliphatic carbocycles. The predicted molar refractivity (Wildman–Crippen MR) is 77.0 cm³/mol. The molecule has 0 atom stereocenters. The van der Waals surface area contributed by atoms with Crippen LogP contribution in [0.5, 0.6) is 5.75 Å². The zero-order valence-corrected chi connectivity index (χ0v) is 12.8. The molecule has 8 heteroatoms. The standard InChI is InChI=1S/C13H18N2O5S/c1-3-19-13(16)9-14-21(17,18)10-4-5-11-12(8-10)20-7-6-15(11)2/h4-5,8,14H,3,6-7,9H2,1-2H3. The minimum Gasteiger partial charge on any atom is -0.490 e. The number of carbonyl (C=O) groups is 1. The summed E-state index contributed by atoms with van der Waals surface area (Å²) < 4.78 is 36.6. The van der Waals surface area contributed by atoms with Gasteiger partial charge in [-0.2, -0.15) is 4.72 Å². The molecule has 0 radical (unpaired) electrons. The van der Waals surface area contributed by atoms with Gasteiger partial charge in [0, 0.05) is 13.1 Å². The van der Waals surface area contributed by atoms with Crippen LogP contribution in [0.4, 0.5) is 5.69 Å². The number of ether oxygens (including phenoxy) is 2. The highest BCUT2D eigenvalue weighted by molar-refractivity contribution is 7.89. The maximum Gasteiger partial charge on any atom is 0.321 e. The number of carbonyl (C=O) groups excluding carboxylic acids is 1. The molecule has 1 aliphatic rings. The number of likely N-dealkylation sites (N-methyl/N-ethyl adjacent to an activating group) is 1. The van der Waals surface area contributed by atoms with Gasteiger partial charge in [0.15, 0.2) is 0 Å². The highest BCUT2D eigenvalue weighted by atomic mass is 32.2. The summed E-state index contributed by atoms with van der Waals surface area (Å²) in [6.07, 6.45) is 0. The highest BCUT2D eigenvalue weighted by Gasteiger charge is 2.21. The zero-order valence-electron chi connectivity index (χ0n) is 12.0. The number of rotatable bonds is 5. The SMILES string of the molecule is CCOC(=O)CNS(=O)(=O)c1ccc2c(c1)OCCN2C. The molecule has 0 fully saturated rings. The van der Waals surface area contributed by atoms with Gasteiger partial charge in [-0.15, -0.1) is 0 Å².